The van der Waals surface area contributed by atoms with Crippen LogP contribution in [0.25, 0.3) is 0 Å². The Balaban J connectivity index is 1.21. The Kier molecular flexibility index (Phi) is 6.59. The highest BCUT2D eigenvalue weighted by Gasteiger charge is 2.20. The van der Waals surface area contributed by atoms with Crippen molar-refractivity contribution < 1.29 is 19.4 Å². The second kappa shape index (κ2) is 10.1. The summed E-state index contributed by atoms with van der Waals surface area (Å²) in [6.45, 7) is 2.30. The zero-order chi connectivity index (χ0) is 24.2. The summed E-state index contributed by atoms with van der Waals surface area (Å²) in [4.78, 5) is 13.5. The molecule has 0 saturated heterocycles. The summed E-state index contributed by atoms with van der Waals surface area (Å²) < 4.78 is 11.8. The molecule has 1 aliphatic rings. The summed E-state index contributed by atoms with van der Waals surface area (Å²) in [5.74, 6) is 0.943. The van der Waals surface area contributed by atoms with Crippen LogP contribution in [0.2, 0.25) is 5.02 Å². The fourth-order valence-electron chi connectivity index (χ4n) is 4.17. The lowest BCUT2D eigenvalue weighted by Gasteiger charge is -2.20. The molecule has 5 nitrogen and oxygen atoms in total. The normalized spacial score (nSPS) is 12.3. The maximum Gasteiger partial charge on any atom is 0.335 e. The first-order valence-electron chi connectivity index (χ1n) is 11.4. The number of aromatic carboxylic acids is 1. The number of hydrogen-bond donors (Lipinski definition) is 1. The molecule has 1 N–H and O–H groups in total. The van der Waals surface area contributed by atoms with E-state index in [1.807, 2.05) is 42.5 Å². The van der Waals surface area contributed by atoms with Gasteiger partial charge in [-0.1, -0.05) is 54.1 Å². The molecule has 0 amide bonds. The summed E-state index contributed by atoms with van der Waals surface area (Å²) in [6, 6.07) is 28.9. The van der Waals surface area contributed by atoms with Crippen LogP contribution in [0.15, 0.2) is 91.0 Å². The highest BCUT2D eigenvalue weighted by Crippen LogP contribution is 2.36. The van der Waals surface area contributed by atoms with Gasteiger partial charge in [0.25, 0.3) is 0 Å². The van der Waals surface area contributed by atoms with Crippen LogP contribution in [0.5, 0.6) is 17.2 Å². The number of rotatable bonds is 8. The van der Waals surface area contributed by atoms with Crippen LogP contribution in [0.4, 0.5) is 5.69 Å². The van der Waals surface area contributed by atoms with E-state index in [9.17, 15) is 4.79 Å². The molecule has 4 aromatic carbocycles. The molecule has 0 unspecified atom stereocenters. The Bertz CT molecular complexity index is 1340. The zero-order valence-corrected chi connectivity index (χ0v) is 19.7. The van der Waals surface area contributed by atoms with E-state index in [4.69, 9.17) is 26.2 Å². The molecule has 1 aliphatic heterocycles. The van der Waals surface area contributed by atoms with Crippen molar-refractivity contribution in [2.75, 3.05) is 11.4 Å². The molecule has 0 aromatic heterocycles. The minimum absolute atomic E-state index is 0.128. The van der Waals surface area contributed by atoms with Gasteiger partial charge in [0.1, 0.15) is 23.9 Å². The molecule has 1 heterocycles. The molecule has 5 rings (SSSR count). The van der Waals surface area contributed by atoms with Crippen LogP contribution < -0.4 is 14.4 Å². The number of anilines is 1. The molecule has 0 radical (unpaired) electrons. The van der Waals surface area contributed by atoms with Crippen LogP contribution in [-0.2, 0) is 19.6 Å². The van der Waals surface area contributed by atoms with Crippen LogP contribution >= 0.6 is 11.6 Å². The largest absolute Gasteiger partial charge is 0.489 e. The SMILES string of the molecule is O=C(O)c1ccc(Oc2ccc3c(c2)CCN3Cc2ccc(OCc3ccccc3)cc2)c(Cl)c1. The van der Waals surface area contributed by atoms with Crippen molar-refractivity contribution >= 4 is 23.3 Å². The Morgan fingerprint density at radius 2 is 1.66 bits per heavy atom. The van der Waals surface area contributed by atoms with Crippen molar-refractivity contribution in [3.05, 3.63) is 118 Å². The number of carboxylic acid groups (broad SMARTS) is 1. The van der Waals surface area contributed by atoms with Crippen molar-refractivity contribution in [1.82, 2.24) is 0 Å². The number of hydrogen-bond acceptors (Lipinski definition) is 4. The average molecular weight is 486 g/mol. The van der Waals surface area contributed by atoms with Crippen LogP contribution in [0.1, 0.15) is 27.0 Å². The predicted octanol–water partition coefficient (Wildman–Crippen LogP) is 6.97. The molecular weight excluding hydrogens is 462 g/mol. The molecule has 0 saturated carbocycles. The minimum atomic E-state index is -1.02. The van der Waals surface area contributed by atoms with Gasteiger partial charge in [0.15, 0.2) is 0 Å². The fourth-order valence-corrected chi connectivity index (χ4v) is 4.39. The number of carboxylic acids is 1. The molecule has 6 heteroatoms. The van der Waals surface area contributed by atoms with Crippen LogP contribution in [0.3, 0.4) is 0 Å². The number of halogens is 1. The first kappa shape index (κ1) is 22.8. The molecule has 35 heavy (non-hydrogen) atoms. The van der Waals surface area contributed by atoms with Crippen molar-refractivity contribution in [3.63, 3.8) is 0 Å². The molecule has 176 valence electrons. The third kappa shape index (κ3) is 5.42. The summed E-state index contributed by atoms with van der Waals surface area (Å²) >= 11 is 6.21. The first-order chi connectivity index (χ1) is 17.0. The summed E-state index contributed by atoms with van der Waals surface area (Å²) in [7, 11) is 0. The molecule has 0 aliphatic carbocycles. The second-order valence-corrected chi connectivity index (χ2v) is 8.84. The molecule has 4 aromatic rings. The van der Waals surface area contributed by atoms with Gasteiger partial charge in [0, 0.05) is 18.8 Å². The number of nitrogens with zero attached hydrogens (tertiary/aromatic N) is 1. The van der Waals surface area contributed by atoms with E-state index in [2.05, 4.69) is 35.2 Å². The van der Waals surface area contributed by atoms with Gasteiger partial charge in [-0.05, 0) is 71.6 Å². The van der Waals surface area contributed by atoms with E-state index in [0.29, 0.717) is 18.1 Å². The lowest BCUT2D eigenvalue weighted by atomic mass is 10.1. The second-order valence-electron chi connectivity index (χ2n) is 8.43. The number of fused-ring (bicyclic) bond motifs is 1. The smallest absolute Gasteiger partial charge is 0.335 e. The third-order valence-electron chi connectivity index (χ3n) is 5.99. The standard InChI is InChI=1S/C29H24ClNO4/c30-26-17-23(29(32)33)8-13-28(26)35-25-11-12-27-22(16-25)14-15-31(27)18-20-6-9-24(10-7-20)34-19-21-4-2-1-3-5-21/h1-13,16-17H,14-15,18-19H2,(H,32,33). The van der Waals surface area contributed by atoms with E-state index in [1.54, 1.807) is 6.07 Å². The summed E-state index contributed by atoms with van der Waals surface area (Å²) in [6.07, 6.45) is 0.927. The van der Waals surface area contributed by atoms with E-state index in [0.717, 1.165) is 30.8 Å². The van der Waals surface area contributed by atoms with Crippen LogP contribution in [0, 0.1) is 0 Å². The lowest BCUT2D eigenvalue weighted by molar-refractivity contribution is 0.0697. The van der Waals surface area contributed by atoms with E-state index >= 15 is 0 Å². The number of benzene rings is 4. The van der Waals surface area contributed by atoms with Crippen molar-refractivity contribution in [1.29, 1.82) is 0 Å². The highest BCUT2D eigenvalue weighted by atomic mass is 35.5. The highest BCUT2D eigenvalue weighted by molar-refractivity contribution is 6.32. The average Bonchev–Trinajstić information content (AvgIpc) is 3.27. The van der Waals surface area contributed by atoms with Crippen molar-refractivity contribution in [2.24, 2.45) is 0 Å². The van der Waals surface area contributed by atoms with Gasteiger partial charge in [-0.2, -0.15) is 0 Å². The summed E-state index contributed by atoms with van der Waals surface area (Å²) in [5.41, 5.74) is 4.89. The van der Waals surface area contributed by atoms with Gasteiger partial charge in [-0.3, -0.25) is 0 Å². The maximum absolute atomic E-state index is 11.1. The monoisotopic (exact) mass is 485 g/mol. The van der Waals surface area contributed by atoms with Gasteiger partial charge in [-0.25, -0.2) is 4.79 Å². The third-order valence-corrected chi connectivity index (χ3v) is 6.29. The fraction of sp³-hybridized carbons (Fsp3) is 0.138. The number of carbonyl (C=O) groups is 1. The molecule has 0 atom stereocenters. The minimum Gasteiger partial charge on any atom is -0.489 e. The van der Waals surface area contributed by atoms with Crippen molar-refractivity contribution in [3.8, 4) is 17.2 Å². The van der Waals surface area contributed by atoms with E-state index in [-0.39, 0.29) is 10.6 Å². The van der Waals surface area contributed by atoms with Crippen LogP contribution in [-0.4, -0.2) is 17.6 Å². The van der Waals surface area contributed by atoms with E-state index in [1.165, 1.54) is 28.9 Å². The van der Waals surface area contributed by atoms with Gasteiger partial charge in [-0.15, -0.1) is 0 Å². The Morgan fingerprint density at radius 3 is 2.40 bits per heavy atom. The Labute approximate surface area is 209 Å². The lowest BCUT2D eigenvalue weighted by Crippen LogP contribution is -2.19. The molecule has 0 fully saturated rings. The first-order valence-corrected chi connectivity index (χ1v) is 11.8. The maximum atomic E-state index is 11.1. The van der Waals surface area contributed by atoms with E-state index < -0.39 is 5.97 Å². The number of ether oxygens (including phenoxy) is 2. The molecule has 0 spiro atoms. The Morgan fingerprint density at radius 1 is 0.886 bits per heavy atom. The predicted molar refractivity (Wildman–Crippen MR) is 137 cm³/mol. The van der Waals surface area contributed by atoms with Gasteiger partial charge >= 0.3 is 5.97 Å². The van der Waals surface area contributed by atoms with Gasteiger partial charge < -0.3 is 19.5 Å². The Hall–Kier alpha value is -3.96. The zero-order valence-electron chi connectivity index (χ0n) is 19.0. The van der Waals surface area contributed by atoms with Gasteiger partial charge in [0.2, 0.25) is 0 Å². The molecule has 0 bridgehead atoms. The topological polar surface area (TPSA) is 59.0 Å². The van der Waals surface area contributed by atoms with Crippen molar-refractivity contribution in [2.45, 2.75) is 19.6 Å². The quantitative estimate of drug-likeness (QED) is 0.292. The molecular formula is C29H24ClNO4. The summed E-state index contributed by atoms with van der Waals surface area (Å²) in [5, 5.41) is 9.36. The van der Waals surface area contributed by atoms with Gasteiger partial charge in [0.05, 0.1) is 10.6 Å².